The summed E-state index contributed by atoms with van der Waals surface area (Å²) in [5.74, 6) is -0.983. The minimum Gasteiger partial charge on any atom is -0.477 e. The van der Waals surface area contributed by atoms with Gasteiger partial charge in [-0.2, -0.15) is 0 Å². The number of carboxylic acids is 1. The molecule has 10 rings (SSSR count). The van der Waals surface area contributed by atoms with Crippen LogP contribution >= 0.6 is 69.9 Å². The number of allylic oxidation sites excluding steroid dienone is 2. The van der Waals surface area contributed by atoms with Gasteiger partial charge in [0.25, 0.3) is 5.91 Å². The van der Waals surface area contributed by atoms with Crippen molar-refractivity contribution in [2.24, 2.45) is 21.8 Å². The topological polar surface area (TPSA) is 159 Å². The van der Waals surface area contributed by atoms with Crippen LogP contribution in [-0.2, 0) is 30.3 Å². The van der Waals surface area contributed by atoms with Gasteiger partial charge in [0.05, 0.1) is 25.2 Å². The summed E-state index contributed by atoms with van der Waals surface area (Å²) in [4.78, 5) is 65.6. The fraction of sp³-hybridized carbons (Fsp3) is 0.370. The van der Waals surface area contributed by atoms with Crippen molar-refractivity contribution in [2.45, 2.75) is 90.6 Å². The molecule has 0 radical (unpaired) electrons. The highest BCUT2D eigenvalue weighted by Crippen LogP contribution is 2.58. The van der Waals surface area contributed by atoms with Crippen molar-refractivity contribution in [2.75, 3.05) is 26.2 Å². The van der Waals surface area contributed by atoms with Crippen LogP contribution < -0.4 is 16.0 Å². The molecule has 4 aromatic carbocycles. The van der Waals surface area contributed by atoms with Crippen molar-refractivity contribution >= 4 is 104 Å². The summed E-state index contributed by atoms with van der Waals surface area (Å²) >= 11 is 27.3. The van der Waals surface area contributed by atoms with E-state index >= 15 is 0 Å². The number of rotatable bonds is 8. The zero-order chi connectivity index (χ0) is 52.7. The van der Waals surface area contributed by atoms with Gasteiger partial charge in [-0.05, 0) is 134 Å². The molecule has 0 aromatic heterocycles. The summed E-state index contributed by atoms with van der Waals surface area (Å²) in [6.45, 7) is 18.2. The smallest absolute Gasteiger partial charge is 0.344 e. The molecule has 0 spiro atoms. The molecule has 2 fully saturated rings. The second-order valence-corrected chi connectivity index (χ2v) is 23.4. The summed E-state index contributed by atoms with van der Waals surface area (Å²) in [5.41, 5.74) is 4.63. The molecule has 0 saturated carbocycles. The standard InChI is InChI=1S/C27H28Cl2N4O2S.C22H20Cl2N2O2S.C5H10N2O/c1-15(2)22-23(25(35)32-13-16(3)30-21(34)14-32)36-26-31-27(4,18-7-11-20(29)12-8-18)24(33(22)26)17-5-9-19(28)10-6-17;1-12(2)17-18(20(27)28)29-21-25-22(3,14-6-10-16(24)11-7-14)19(26(17)21)13-4-8-15(23)9-5-13;1-4-2-6-3-5(8)7-4/h5-12,15-16,24H,13-14H2,1-4H3,(H,30,34);4-12,19H,1-3H3,(H,27,28);4,6H,2-3H2,1H3,(H,7,8)/t16-,24+,27-;19-,22+;4-/m010/s1. The predicted molar refractivity (Wildman–Crippen MR) is 296 cm³/mol. The van der Waals surface area contributed by atoms with Crippen molar-refractivity contribution in [1.29, 1.82) is 0 Å². The van der Waals surface area contributed by atoms with Gasteiger partial charge in [-0.25, -0.2) is 14.8 Å². The molecule has 6 aliphatic heterocycles. The Morgan fingerprint density at radius 2 is 1.03 bits per heavy atom. The molecule has 4 aromatic rings. The van der Waals surface area contributed by atoms with Crippen LogP contribution in [0.1, 0.15) is 89.7 Å². The van der Waals surface area contributed by atoms with Gasteiger partial charge in [-0.15, -0.1) is 0 Å². The number of nitrogens with one attached hydrogen (secondary N) is 3. The van der Waals surface area contributed by atoms with E-state index in [0.717, 1.165) is 45.4 Å². The van der Waals surface area contributed by atoms with E-state index in [2.05, 4.69) is 53.4 Å². The lowest BCUT2D eigenvalue weighted by molar-refractivity contribution is -0.136. The SMILES string of the molecule is CC(C)C1=C(C(=O)N2CC(=O)N[C@@H](C)C2)SC2=N[C@@](C)(c3ccc(Cl)cc3)[C@@H](c3ccc(Cl)cc3)N21.CC(C)C1=C(C(=O)O)SC2=N[C@@](C)(c3ccc(Cl)cc3)[C@@H](c3ccc(Cl)cc3)N21.C[C@H]1CNCC(=O)N1. The fourth-order valence-electron chi connectivity index (χ4n) is 10.1. The number of hydrogen-bond acceptors (Lipinski definition) is 11. The van der Waals surface area contributed by atoms with Crippen molar-refractivity contribution < 1.29 is 24.3 Å². The molecule has 73 heavy (non-hydrogen) atoms. The van der Waals surface area contributed by atoms with Crippen LogP contribution in [0.5, 0.6) is 0 Å². The second-order valence-electron chi connectivity index (χ2n) is 19.7. The van der Waals surface area contributed by atoms with Gasteiger partial charge in [0.1, 0.15) is 20.9 Å². The third-order valence-corrected chi connectivity index (χ3v) is 16.5. The Bertz CT molecular complexity index is 2920. The number of aliphatic imine (C=N–C) groups is 2. The minimum absolute atomic E-state index is 0.0312. The maximum Gasteiger partial charge on any atom is 0.344 e. The van der Waals surface area contributed by atoms with Crippen LogP contribution in [0.2, 0.25) is 20.1 Å². The molecule has 13 nitrogen and oxygen atoms in total. The number of amides is 3. The quantitative estimate of drug-likeness (QED) is 0.134. The third kappa shape index (κ3) is 11.2. The monoisotopic (exact) mass is 1100 g/mol. The summed E-state index contributed by atoms with van der Waals surface area (Å²) < 4.78 is 0. The van der Waals surface area contributed by atoms with Crippen molar-refractivity contribution in [3.05, 3.63) is 161 Å². The summed E-state index contributed by atoms with van der Waals surface area (Å²) in [5, 5.41) is 22.5. The largest absolute Gasteiger partial charge is 0.477 e. The van der Waals surface area contributed by atoms with Gasteiger partial charge < -0.3 is 35.8 Å². The number of halogens is 4. The van der Waals surface area contributed by atoms with Crippen LogP contribution in [0.25, 0.3) is 0 Å². The Morgan fingerprint density at radius 3 is 1.40 bits per heavy atom. The highest BCUT2D eigenvalue weighted by atomic mass is 35.5. The van der Waals surface area contributed by atoms with E-state index in [9.17, 15) is 24.3 Å². The fourth-order valence-corrected chi connectivity index (χ4v) is 13.3. The van der Waals surface area contributed by atoms with Crippen molar-refractivity contribution in [3.8, 4) is 0 Å². The molecule has 2 saturated heterocycles. The first-order chi connectivity index (χ1) is 34.6. The Labute approximate surface area is 455 Å². The molecule has 6 heterocycles. The van der Waals surface area contributed by atoms with E-state index in [1.165, 1.54) is 23.5 Å². The molecule has 0 bridgehead atoms. The van der Waals surface area contributed by atoms with E-state index in [-0.39, 0.29) is 54.2 Å². The van der Waals surface area contributed by atoms with Gasteiger partial charge in [-0.3, -0.25) is 14.4 Å². The summed E-state index contributed by atoms with van der Waals surface area (Å²) in [6.07, 6.45) is 0. The van der Waals surface area contributed by atoms with Crippen LogP contribution in [0.15, 0.2) is 128 Å². The third-order valence-electron chi connectivity index (χ3n) is 13.4. The number of aliphatic carboxylic acids is 1. The lowest BCUT2D eigenvalue weighted by Gasteiger charge is -2.37. The van der Waals surface area contributed by atoms with Gasteiger partial charge >= 0.3 is 5.97 Å². The highest BCUT2D eigenvalue weighted by molar-refractivity contribution is 8.18. The normalized spacial score (nSPS) is 25.4. The Morgan fingerprint density at radius 1 is 0.630 bits per heavy atom. The lowest BCUT2D eigenvalue weighted by atomic mass is 9.81. The van der Waals surface area contributed by atoms with E-state index in [1.54, 1.807) is 4.90 Å². The van der Waals surface area contributed by atoms with Gasteiger partial charge in [0.15, 0.2) is 10.3 Å². The predicted octanol–water partition coefficient (Wildman–Crippen LogP) is 11.0. The van der Waals surface area contributed by atoms with Crippen molar-refractivity contribution in [1.82, 2.24) is 30.7 Å². The zero-order valence-electron chi connectivity index (χ0n) is 41.7. The van der Waals surface area contributed by atoms with E-state index < -0.39 is 17.0 Å². The summed E-state index contributed by atoms with van der Waals surface area (Å²) in [7, 11) is 0. The number of piperazine rings is 2. The van der Waals surface area contributed by atoms with Crippen molar-refractivity contribution in [3.63, 3.8) is 0 Å². The Kier molecular flexibility index (Phi) is 16.4. The van der Waals surface area contributed by atoms with Crippen LogP contribution in [0, 0.1) is 11.8 Å². The molecular formula is C54H58Cl4N8O5S2. The van der Waals surface area contributed by atoms with Gasteiger partial charge in [0.2, 0.25) is 11.8 Å². The van der Waals surface area contributed by atoms with Crippen LogP contribution in [0.4, 0.5) is 0 Å². The first-order valence-corrected chi connectivity index (χ1v) is 27.2. The number of nitrogens with zero attached hydrogens (tertiary/aromatic N) is 5. The average Bonchev–Trinajstić information content (AvgIpc) is 4.05. The number of thioether (sulfide) groups is 2. The second kappa shape index (κ2) is 22.1. The number of benzene rings is 4. The first kappa shape index (κ1) is 54.3. The number of carbonyl (C=O) groups excluding carboxylic acids is 3. The van der Waals surface area contributed by atoms with E-state index in [0.29, 0.717) is 54.2 Å². The lowest BCUT2D eigenvalue weighted by Crippen LogP contribution is -2.54. The minimum atomic E-state index is -0.918. The van der Waals surface area contributed by atoms with Gasteiger partial charge in [-0.1, -0.05) is 123 Å². The van der Waals surface area contributed by atoms with Gasteiger partial charge in [0, 0.05) is 56.7 Å². The Balaban J connectivity index is 0.000000172. The van der Waals surface area contributed by atoms with E-state index in [1.807, 2.05) is 125 Å². The van der Waals surface area contributed by atoms with Crippen LogP contribution in [0.3, 0.4) is 0 Å². The molecule has 0 aliphatic carbocycles. The maximum atomic E-state index is 13.7. The number of amidine groups is 2. The highest BCUT2D eigenvalue weighted by Gasteiger charge is 2.55. The molecule has 6 aliphatic rings. The number of carboxylic acid groups (broad SMARTS) is 1. The first-order valence-electron chi connectivity index (χ1n) is 24.1. The van der Waals surface area contributed by atoms with E-state index in [4.69, 9.17) is 56.4 Å². The number of carbonyl (C=O) groups is 4. The maximum absolute atomic E-state index is 13.7. The zero-order valence-corrected chi connectivity index (χ0v) is 46.3. The molecule has 6 atom stereocenters. The molecule has 19 heteroatoms. The molecule has 384 valence electrons. The van der Waals surface area contributed by atoms with Crippen LogP contribution in [-0.4, -0.2) is 92.1 Å². The average molecular weight is 1110 g/mol. The molecule has 3 amide bonds. The summed E-state index contributed by atoms with van der Waals surface area (Å²) in [6, 6.07) is 30.8. The molecular weight excluding hydrogens is 1050 g/mol. The molecule has 0 unspecified atom stereocenters. The molecule has 4 N–H and O–H groups in total. The Hall–Kier alpha value is -5.00. The number of hydrogen-bond donors (Lipinski definition) is 4. The number of fused-ring (bicyclic) bond motifs is 2.